The van der Waals surface area contributed by atoms with Crippen LogP contribution in [-0.4, -0.2) is 9.97 Å². The quantitative estimate of drug-likeness (QED) is 0.575. The number of aromatic nitrogens is 2. The average molecular weight is 140 g/mol. The highest BCUT2D eigenvalue weighted by atomic mass is 32.1. The van der Waals surface area contributed by atoms with Gasteiger partial charge in [0.05, 0.1) is 5.69 Å². The third-order valence-corrected chi connectivity index (χ3v) is 1.18. The largest absolute Gasteiger partial charge is 0.337 e. The molecule has 2 N–H and O–H groups in total. The van der Waals surface area contributed by atoms with E-state index in [-0.39, 0.29) is 0 Å². The van der Waals surface area contributed by atoms with Gasteiger partial charge in [-0.15, -0.1) is 0 Å². The summed E-state index contributed by atoms with van der Waals surface area (Å²) in [6, 6.07) is 0. The van der Waals surface area contributed by atoms with Gasteiger partial charge in [-0.3, -0.25) is 0 Å². The molecule has 0 radical (unpaired) electrons. The lowest BCUT2D eigenvalue weighted by molar-refractivity contribution is 1.26. The number of hydrogen-bond donors (Lipinski definition) is 2. The number of rotatable bonds is 1. The van der Waals surface area contributed by atoms with E-state index in [1.807, 2.05) is 25.3 Å². The van der Waals surface area contributed by atoms with Crippen molar-refractivity contribution in [2.24, 2.45) is 0 Å². The van der Waals surface area contributed by atoms with Crippen LogP contribution in [0.4, 0.5) is 0 Å². The van der Waals surface area contributed by atoms with Gasteiger partial charge in [0.15, 0.2) is 4.77 Å². The van der Waals surface area contributed by atoms with E-state index in [0.29, 0.717) is 4.77 Å². The molecule has 0 fully saturated rings. The highest BCUT2D eigenvalue weighted by molar-refractivity contribution is 7.71. The number of aromatic amines is 2. The molecule has 0 unspecified atom stereocenters. The van der Waals surface area contributed by atoms with E-state index in [9.17, 15) is 0 Å². The predicted octanol–water partition coefficient (Wildman–Crippen LogP) is 2.11. The maximum absolute atomic E-state index is 4.80. The van der Waals surface area contributed by atoms with Crippen LogP contribution < -0.4 is 0 Å². The van der Waals surface area contributed by atoms with Gasteiger partial charge in [0, 0.05) is 6.20 Å². The molecular formula is C6H8N2S. The Kier molecular flexibility index (Phi) is 1.85. The van der Waals surface area contributed by atoms with Crippen LogP contribution in [0.2, 0.25) is 0 Å². The summed E-state index contributed by atoms with van der Waals surface area (Å²) in [6.45, 7) is 1.96. The second-order valence-corrected chi connectivity index (χ2v) is 2.11. The lowest BCUT2D eigenvalue weighted by Crippen LogP contribution is -1.65. The van der Waals surface area contributed by atoms with Crippen molar-refractivity contribution in [1.29, 1.82) is 0 Å². The zero-order valence-corrected chi connectivity index (χ0v) is 5.96. The highest BCUT2D eigenvalue weighted by Crippen LogP contribution is 1.94. The van der Waals surface area contributed by atoms with Crippen LogP contribution in [0, 0.1) is 4.77 Å². The summed E-state index contributed by atoms with van der Waals surface area (Å²) < 4.78 is 0.670. The Morgan fingerprint density at radius 1 is 1.67 bits per heavy atom. The second-order valence-electron chi connectivity index (χ2n) is 1.70. The summed E-state index contributed by atoms with van der Waals surface area (Å²) in [5, 5.41) is 0. The van der Waals surface area contributed by atoms with Crippen molar-refractivity contribution in [2.45, 2.75) is 6.92 Å². The third-order valence-electron chi connectivity index (χ3n) is 0.963. The van der Waals surface area contributed by atoms with Crippen molar-refractivity contribution < 1.29 is 0 Å². The maximum Gasteiger partial charge on any atom is 0.174 e. The minimum absolute atomic E-state index is 0.670. The number of hydrogen-bond acceptors (Lipinski definition) is 1. The lowest BCUT2D eigenvalue weighted by atomic mass is 10.4. The van der Waals surface area contributed by atoms with Crippen molar-refractivity contribution in [3.05, 3.63) is 22.7 Å². The first-order valence-corrected chi connectivity index (χ1v) is 3.14. The summed E-state index contributed by atoms with van der Waals surface area (Å²) in [6.07, 6.45) is 5.74. The Hall–Kier alpha value is -0.830. The van der Waals surface area contributed by atoms with Crippen LogP contribution in [0.25, 0.3) is 6.08 Å². The normalized spacial score (nSPS) is 10.8. The van der Waals surface area contributed by atoms with Gasteiger partial charge < -0.3 is 9.97 Å². The van der Waals surface area contributed by atoms with Gasteiger partial charge in [-0.2, -0.15) is 0 Å². The van der Waals surface area contributed by atoms with E-state index in [2.05, 4.69) is 9.97 Å². The molecule has 1 aromatic heterocycles. The zero-order chi connectivity index (χ0) is 6.69. The van der Waals surface area contributed by atoms with Crippen LogP contribution in [0.1, 0.15) is 12.6 Å². The minimum atomic E-state index is 0.670. The first-order valence-electron chi connectivity index (χ1n) is 2.73. The van der Waals surface area contributed by atoms with E-state index >= 15 is 0 Å². The summed E-state index contributed by atoms with van der Waals surface area (Å²) in [7, 11) is 0. The Balaban J connectivity index is 2.98. The first kappa shape index (κ1) is 6.29. The smallest absolute Gasteiger partial charge is 0.174 e. The van der Waals surface area contributed by atoms with E-state index in [4.69, 9.17) is 12.2 Å². The molecule has 2 nitrogen and oxygen atoms in total. The Labute approximate surface area is 58.6 Å². The molecule has 0 saturated carbocycles. The first-order chi connectivity index (χ1) is 4.33. The van der Waals surface area contributed by atoms with Crippen molar-refractivity contribution >= 4 is 18.3 Å². The second kappa shape index (κ2) is 2.64. The molecule has 3 heteroatoms. The van der Waals surface area contributed by atoms with Crippen LogP contribution in [-0.2, 0) is 0 Å². The molecule has 1 aromatic rings. The fourth-order valence-corrected chi connectivity index (χ4v) is 0.793. The number of imidazole rings is 1. The molecule has 9 heavy (non-hydrogen) atoms. The summed E-state index contributed by atoms with van der Waals surface area (Å²) in [5.74, 6) is 0. The van der Waals surface area contributed by atoms with Crippen LogP contribution in [0.3, 0.4) is 0 Å². The fraction of sp³-hybridized carbons (Fsp3) is 0.167. The minimum Gasteiger partial charge on any atom is -0.337 e. The van der Waals surface area contributed by atoms with Gasteiger partial charge in [-0.05, 0) is 25.2 Å². The summed E-state index contributed by atoms with van der Waals surface area (Å²) in [4.78, 5) is 5.81. The number of nitrogens with one attached hydrogen (secondary N) is 2. The molecule has 0 bridgehead atoms. The molecule has 1 rings (SSSR count). The van der Waals surface area contributed by atoms with Crippen molar-refractivity contribution in [2.75, 3.05) is 0 Å². The van der Waals surface area contributed by atoms with Crippen LogP contribution >= 0.6 is 12.2 Å². The topological polar surface area (TPSA) is 31.6 Å². The van der Waals surface area contributed by atoms with E-state index in [0.717, 1.165) is 5.69 Å². The molecule has 0 aliphatic carbocycles. The Morgan fingerprint density at radius 3 is 2.89 bits per heavy atom. The molecule has 0 saturated heterocycles. The molecule has 48 valence electrons. The molecular weight excluding hydrogens is 132 g/mol. The summed E-state index contributed by atoms with van der Waals surface area (Å²) in [5.41, 5.74) is 1.02. The standard InChI is InChI=1S/C6H8N2S/c1-2-3-5-4-7-6(9)8-5/h2-4H,1H3,(H2,7,8,9)/b3-2+. The van der Waals surface area contributed by atoms with E-state index in [1.54, 1.807) is 0 Å². The molecule has 1 heterocycles. The van der Waals surface area contributed by atoms with Gasteiger partial charge in [0.1, 0.15) is 0 Å². The fourth-order valence-electron chi connectivity index (χ4n) is 0.616. The maximum atomic E-state index is 4.80. The van der Waals surface area contributed by atoms with Crippen molar-refractivity contribution in [3.63, 3.8) is 0 Å². The van der Waals surface area contributed by atoms with Gasteiger partial charge in [-0.1, -0.05) is 6.08 Å². The van der Waals surface area contributed by atoms with Crippen LogP contribution in [0.5, 0.6) is 0 Å². The molecule has 0 aromatic carbocycles. The predicted molar refractivity (Wildman–Crippen MR) is 40.7 cm³/mol. The third kappa shape index (κ3) is 1.54. The monoisotopic (exact) mass is 140 g/mol. The lowest BCUT2D eigenvalue weighted by Gasteiger charge is -1.76. The molecule has 0 amide bonds. The van der Waals surface area contributed by atoms with Gasteiger partial charge in [-0.25, -0.2) is 0 Å². The average Bonchev–Trinajstić information content (AvgIpc) is 2.17. The van der Waals surface area contributed by atoms with Crippen molar-refractivity contribution in [3.8, 4) is 0 Å². The summed E-state index contributed by atoms with van der Waals surface area (Å²) >= 11 is 4.80. The molecule has 0 spiro atoms. The van der Waals surface area contributed by atoms with Gasteiger partial charge >= 0.3 is 0 Å². The molecule has 0 aliphatic heterocycles. The highest BCUT2D eigenvalue weighted by Gasteiger charge is 1.82. The molecule has 0 atom stereocenters. The van der Waals surface area contributed by atoms with E-state index < -0.39 is 0 Å². The zero-order valence-electron chi connectivity index (χ0n) is 5.14. The Bertz CT molecular complexity index is 256. The van der Waals surface area contributed by atoms with Gasteiger partial charge in [0.2, 0.25) is 0 Å². The van der Waals surface area contributed by atoms with Crippen molar-refractivity contribution in [1.82, 2.24) is 9.97 Å². The van der Waals surface area contributed by atoms with Gasteiger partial charge in [0.25, 0.3) is 0 Å². The Morgan fingerprint density at radius 2 is 2.44 bits per heavy atom. The number of allylic oxidation sites excluding steroid dienone is 1. The van der Waals surface area contributed by atoms with E-state index in [1.165, 1.54) is 0 Å². The SMILES string of the molecule is C/C=C/c1c[nH]c(=S)[nH]1. The van der Waals surface area contributed by atoms with Crippen LogP contribution in [0.15, 0.2) is 12.3 Å². The molecule has 0 aliphatic rings. The number of H-pyrrole nitrogens is 2.